The van der Waals surface area contributed by atoms with Crippen LogP contribution in [0.5, 0.6) is 0 Å². The Morgan fingerprint density at radius 1 is 0.109 bits per heavy atom. The van der Waals surface area contributed by atoms with E-state index in [-0.39, 0.29) is 0 Å². The van der Waals surface area contributed by atoms with Gasteiger partial charge >= 0.3 is 0 Å². The maximum absolute atomic E-state index is 6.12. The first kappa shape index (κ1) is 88.9. The van der Waals surface area contributed by atoms with Crippen LogP contribution in [-0.2, 0) is 0 Å². The first-order valence-corrected chi connectivity index (χ1v) is 49.9. The van der Waals surface area contributed by atoms with E-state index in [9.17, 15) is 0 Å². The van der Waals surface area contributed by atoms with Crippen molar-refractivity contribution in [1.82, 2.24) is 44.9 Å². The van der Waals surface area contributed by atoms with Crippen LogP contribution in [0.4, 0.5) is 0 Å². The molecule has 0 spiro atoms. The van der Waals surface area contributed by atoms with Crippen LogP contribution in [0.2, 0.25) is 0 Å². The molecule has 0 unspecified atom stereocenters. The number of thiophene rings is 1. The van der Waals surface area contributed by atoms with E-state index in [0.717, 1.165) is 150 Å². The molecule has 12 heteroatoms. The number of fused-ring (bicyclic) bond motifs is 9. The second-order valence-electron chi connectivity index (χ2n) is 36.3. The van der Waals surface area contributed by atoms with Crippen LogP contribution >= 0.6 is 11.3 Å². The van der Waals surface area contributed by atoms with Gasteiger partial charge in [-0.05, 0) is 203 Å². The molecule has 0 aliphatic rings. The molecule has 0 radical (unpaired) electrons. The average molecular weight is 1900 g/mol. The number of hydrogen-bond donors (Lipinski definition) is 0. The van der Waals surface area contributed by atoms with Crippen molar-refractivity contribution in [1.29, 1.82) is 0 Å². The number of nitrogens with zero attached hydrogens (tertiary/aromatic N) is 9. The quantitative estimate of drug-likeness (QED) is 0.0810. The molecule has 27 aromatic rings. The van der Waals surface area contributed by atoms with Crippen molar-refractivity contribution in [2.75, 3.05) is 0 Å². The SMILES string of the molecule is c1ccc(-c2ccc(-c3cc(-c4ccccc4)cc(-c4nc(-c5ccccc5)nc(-c5ccc6oc7ccccc7c6c5)n4)c3)cc2)cc1.c1ccc(-c2ccc(-c3cccc(-c4nc(-c5ccc(-c6ccccc6)cc5)nc(-c5ccc6oc7ccccc7c6c5)n4)c3)cc2)cc1.c1ccc(-c2ccc(-c3cccc(-c4nc(-c5ccc(-c6ccccc6)cc5)nc(-c5ccc6sc7ccccc7c6c5)n4)c3)cc2)cc1. The van der Waals surface area contributed by atoms with E-state index < -0.39 is 0 Å². The second kappa shape index (κ2) is 39.9. The lowest BCUT2D eigenvalue weighted by Gasteiger charge is -2.13. The molecule has 147 heavy (non-hydrogen) atoms. The van der Waals surface area contributed by atoms with Crippen LogP contribution in [0, 0.1) is 0 Å². The molecule has 0 N–H and O–H groups in total. The van der Waals surface area contributed by atoms with Crippen molar-refractivity contribution < 1.29 is 8.83 Å². The molecule has 0 bridgehead atoms. The van der Waals surface area contributed by atoms with E-state index in [4.69, 9.17) is 53.7 Å². The highest BCUT2D eigenvalue weighted by atomic mass is 32.1. The van der Waals surface area contributed by atoms with Crippen molar-refractivity contribution in [3.05, 3.63) is 528 Å². The van der Waals surface area contributed by atoms with Gasteiger partial charge in [0.05, 0.1) is 0 Å². The summed E-state index contributed by atoms with van der Waals surface area (Å²) >= 11 is 1.81. The Labute approximate surface area is 853 Å². The third-order valence-corrected chi connectivity index (χ3v) is 28.0. The van der Waals surface area contributed by atoms with Gasteiger partial charge in [0, 0.05) is 91.8 Å². The molecule has 21 aromatic carbocycles. The Morgan fingerprint density at radius 2 is 0.299 bits per heavy atom. The predicted octanol–water partition coefficient (Wildman–Crippen LogP) is 35.8. The predicted molar refractivity (Wildman–Crippen MR) is 605 cm³/mol. The van der Waals surface area contributed by atoms with Gasteiger partial charge in [0.25, 0.3) is 0 Å². The summed E-state index contributed by atoms with van der Waals surface area (Å²) in [6.07, 6.45) is 0. The van der Waals surface area contributed by atoms with Gasteiger partial charge < -0.3 is 8.83 Å². The van der Waals surface area contributed by atoms with Gasteiger partial charge in [0.2, 0.25) is 0 Å². The third kappa shape index (κ3) is 18.8. The molecule has 0 aliphatic heterocycles. The summed E-state index contributed by atoms with van der Waals surface area (Å²) in [5.41, 5.74) is 32.4. The van der Waals surface area contributed by atoms with E-state index >= 15 is 0 Å². The monoisotopic (exact) mass is 1900 g/mol. The smallest absolute Gasteiger partial charge is 0.164 e. The van der Waals surface area contributed by atoms with Crippen molar-refractivity contribution in [3.8, 4) is 203 Å². The van der Waals surface area contributed by atoms with E-state index in [1.165, 1.54) is 64.7 Å². The van der Waals surface area contributed by atoms with Crippen molar-refractivity contribution in [2.24, 2.45) is 0 Å². The maximum Gasteiger partial charge on any atom is 0.164 e. The van der Waals surface area contributed by atoms with Crippen LogP contribution in [0.1, 0.15) is 0 Å². The molecule has 6 heterocycles. The summed E-state index contributed by atoms with van der Waals surface area (Å²) in [6.45, 7) is 0. The zero-order valence-electron chi connectivity index (χ0n) is 79.5. The summed E-state index contributed by atoms with van der Waals surface area (Å²) in [5, 5.41) is 6.66. The molecule has 0 saturated heterocycles. The lowest BCUT2D eigenvalue weighted by atomic mass is 9.94. The Bertz CT molecular complexity index is 9100. The lowest BCUT2D eigenvalue weighted by Crippen LogP contribution is -2.00. The summed E-state index contributed by atoms with van der Waals surface area (Å²) in [5.74, 6) is 5.63. The van der Waals surface area contributed by atoms with Crippen molar-refractivity contribution >= 4 is 75.4 Å². The van der Waals surface area contributed by atoms with Crippen molar-refractivity contribution in [2.45, 2.75) is 0 Å². The maximum atomic E-state index is 6.12. The average Bonchev–Trinajstić information content (AvgIpc) is 1.67. The van der Waals surface area contributed by atoms with E-state index in [1.807, 2.05) is 139 Å². The second-order valence-corrected chi connectivity index (χ2v) is 37.3. The minimum absolute atomic E-state index is 0.606. The number of furan rings is 2. The zero-order valence-corrected chi connectivity index (χ0v) is 80.3. The first-order chi connectivity index (χ1) is 72.7. The Hall–Kier alpha value is -19.5. The zero-order chi connectivity index (χ0) is 97.7. The number of benzene rings is 21. The molecule has 0 saturated carbocycles. The summed E-state index contributed by atoms with van der Waals surface area (Å²) in [6, 6.07) is 183. The fourth-order valence-corrected chi connectivity index (χ4v) is 20.3. The number of rotatable bonds is 18. The van der Waals surface area contributed by atoms with Gasteiger partial charge in [0.1, 0.15) is 22.3 Å². The van der Waals surface area contributed by atoms with E-state index in [0.29, 0.717) is 52.4 Å². The Balaban J connectivity index is 0.000000115. The van der Waals surface area contributed by atoms with Crippen LogP contribution in [0.15, 0.2) is 537 Å². The summed E-state index contributed by atoms with van der Waals surface area (Å²) in [4.78, 5) is 45.7. The van der Waals surface area contributed by atoms with Gasteiger partial charge in [-0.2, -0.15) is 0 Å². The third-order valence-electron chi connectivity index (χ3n) is 26.9. The molecule has 11 nitrogen and oxygen atoms in total. The fourth-order valence-electron chi connectivity index (χ4n) is 19.2. The van der Waals surface area contributed by atoms with Crippen LogP contribution in [0.3, 0.4) is 0 Å². The highest BCUT2D eigenvalue weighted by Crippen LogP contribution is 2.43. The van der Waals surface area contributed by atoms with E-state index in [1.54, 1.807) is 0 Å². The number of aromatic nitrogens is 9. The van der Waals surface area contributed by atoms with Gasteiger partial charge in [-0.25, -0.2) is 44.9 Å². The molecule has 0 fully saturated rings. The van der Waals surface area contributed by atoms with E-state index in [2.05, 4.69) is 400 Å². The standard InChI is InChI=1S/2C45H29N3O.C45H29N3S/c1-4-12-30(13-5-1)32-20-22-33(23-21-32)37-26-36(31-14-6-2-7-15-31)27-38(28-37)45-47-43(34-16-8-3-9-17-34)46-44(48-45)35-24-25-42-40(29-35)39-18-10-11-19-41(39)49-42;2*1-3-10-30(11-4-1)32-18-20-34(21-19-32)36-14-9-15-37(28-36)44-46-43(35-24-22-33(23-25-35)31-12-5-2-6-13-31)47-45(48-44)38-26-27-42-40(29-38)39-16-7-8-17-41(39)49-42/h3*1-29H. The molecule has 0 amide bonds. The number of para-hydroxylation sites is 2. The summed E-state index contributed by atoms with van der Waals surface area (Å²) in [7, 11) is 0. The van der Waals surface area contributed by atoms with Crippen LogP contribution < -0.4 is 0 Å². The molecule has 0 atom stereocenters. The molecule has 27 rings (SSSR count). The highest BCUT2D eigenvalue weighted by molar-refractivity contribution is 7.25. The molecular formula is C135H87N9O2S. The van der Waals surface area contributed by atoms with Gasteiger partial charge in [-0.3, -0.25) is 0 Å². The fraction of sp³-hybridized carbons (Fsp3) is 0. The van der Waals surface area contributed by atoms with Crippen molar-refractivity contribution in [3.63, 3.8) is 0 Å². The topological polar surface area (TPSA) is 142 Å². The summed E-state index contributed by atoms with van der Waals surface area (Å²) < 4.78 is 14.8. The minimum atomic E-state index is 0.606. The molecular weight excluding hydrogens is 1810 g/mol. The molecule has 6 aromatic heterocycles. The normalized spacial score (nSPS) is 11.3. The first-order valence-electron chi connectivity index (χ1n) is 49.1. The van der Waals surface area contributed by atoms with Crippen LogP contribution in [-0.4, -0.2) is 44.9 Å². The van der Waals surface area contributed by atoms with Gasteiger partial charge in [0.15, 0.2) is 52.4 Å². The molecule has 0 aliphatic carbocycles. The lowest BCUT2D eigenvalue weighted by molar-refractivity contribution is 0.668. The van der Waals surface area contributed by atoms with Crippen LogP contribution in [0.25, 0.3) is 267 Å². The Morgan fingerprint density at radius 3 is 0.646 bits per heavy atom. The largest absolute Gasteiger partial charge is 0.456 e. The van der Waals surface area contributed by atoms with Gasteiger partial charge in [-0.1, -0.05) is 425 Å². The van der Waals surface area contributed by atoms with Gasteiger partial charge in [-0.15, -0.1) is 11.3 Å². The molecule has 690 valence electrons. The Kier molecular flexibility index (Phi) is 24.1. The highest BCUT2D eigenvalue weighted by Gasteiger charge is 2.23. The minimum Gasteiger partial charge on any atom is -0.456 e. The number of hydrogen-bond acceptors (Lipinski definition) is 12.